The van der Waals surface area contributed by atoms with Crippen molar-refractivity contribution in [3.05, 3.63) is 35.9 Å². The van der Waals surface area contributed by atoms with Crippen LogP contribution in [0.25, 0.3) is 0 Å². The summed E-state index contributed by atoms with van der Waals surface area (Å²) in [6.45, 7) is 0. The van der Waals surface area contributed by atoms with E-state index in [0.717, 1.165) is 5.33 Å². The molecule has 0 radical (unpaired) electrons. The van der Waals surface area contributed by atoms with E-state index in [4.69, 9.17) is 0 Å². The Kier molecular flexibility index (Phi) is 6.08. The van der Waals surface area contributed by atoms with E-state index in [-0.39, 0.29) is 32.7 Å². The number of hydrogen-bond acceptors (Lipinski definition) is 0. The van der Waals surface area contributed by atoms with Crippen molar-refractivity contribution in [3.63, 3.8) is 0 Å². The molecule has 42 valence electrons. The Labute approximate surface area is 89.0 Å². The topological polar surface area (TPSA) is 0 Å². The molecule has 0 bridgehead atoms. The van der Waals surface area contributed by atoms with E-state index < -0.39 is 0 Å². The van der Waals surface area contributed by atoms with Crippen LogP contribution in [0, 0.1) is 6.07 Å². The number of benzene rings is 1. The zero-order chi connectivity index (χ0) is 5.82. The van der Waals surface area contributed by atoms with Crippen molar-refractivity contribution in [1.29, 1.82) is 0 Å². The first-order valence-corrected chi connectivity index (χ1v) is 3.56. The monoisotopic (exact) mass is 258 g/mol. The fraction of sp³-hybridized carbons (Fsp3) is 0.143. The summed E-state index contributed by atoms with van der Waals surface area (Å²) in [5.41, 5.74) is 1.30. The molecule has 0 spiro atoms. The van der Waals surface area contributed by atoms with Gasteiger partial charge < -0.3 is 0 Å². The second kappa shape index (κ2) is 5.58. The van der Waals surface area contributed by atoms with E-state index in [2.05, 4.69) is 22.0 Å². The Bertz CT molecular complexity index is 150. The van der Waals surface area contributed by atoms with E-state index >= 15 is 0 Å². The predicted molar refractivity (Wildman–Crippen MR) is 37.9 cm³/mol. The molecule has 0 aromatic heterocycles. The summed E-state index contributed by atoms with van der Waals surface area (Å²) in [7, 11) is 0. The molecular formula is C7H6BrY+2. The van der Waals surface area contributed by atoms with E-state index in [9.17, 15) is 0 Å². The number of halogens is 1. The van der Waals surface area contributed by atoms with Gasteiger partial charge in [0.15, 0.2) is 0 Å². The van der Waals surface area contributed by atoms with E-state index in [1.807, 2.05) is 24.3 Å². The van der Waals surface area contributed by atoms with Crippen LogP contribution in [0.2, 0.25) is 0 Å². The zero-order valence-electron chi connectivity index (χ0n) is 4.97. The second-order valence-corrected chi connectivity index (χ2v) is 2.10. The van der Waals surface area contributed by atoms with Gasteiger partial charge in [-0.2, -0.15) is 30.3 Å². The Morgan fingerprint density at radius 1 is 1.33 bits per heavy atom. The molecule has 0 atom stereocenters. The van der Waals surface area contributed by atoms with Crippen molar-refractivity contribution in [3.8, 4) is 0 Å². The molecule has 0 saturated carbocycles. The summed E-state index contributed by atoms with van der Waals surface area (Å²) in [6, 6.07) is 10.8. The average molecular weight is 259 g/mol. The Hall–Kier alpha value is 0.804. The van der Waals surface area contributed by atoms with Crippen LogP contribution < -0.4 is 0 Å². The molecule has 0 nitrogen and oxygen atoms in total. The first-order chi connectivity index (χ1) is 3.93. The van der Waals surface area contributed by atoms with Crippen molar-refractivity contribution in [2.45, 2.75) is 5.33 Å². The average Bonchev–Trinajstić information content (AvgIpc) is 1.90. The minimum absolute atomic E-state index is 0. The third-order valence-corrected chi connectivity index (χ3v) is 1.59. The summed E-state index contributed by atoms with van der Waals surface area (Å²) < 4.78 is 0. The SMILES string of the molecule is BrCc1cc[c-]cc1.[Y+3]. The molecule has 2 heteroatoms. The molecule has 0 fully saturated rings. The van der Waals surface area contributed by atoms with Crippen LogP contribution in [0.1, 0.15) is 5.56 Å². The Balaban J connectivity index is 0.000000640. The standard InChI is InChI=1S/C7H6Br.Y/c8-6-7-4-2-1-3-5-7;/h2-5H,6H2;/q-1;+3. The van der Waals surface area contributed by atoms with Crippen LogP contribution in [-0.2, 0) is 38.0 Å². The third kappa shape index (κ3) is 3.49. The van der Waals surface area contributed by atoms with Crippen LogP contribution >= 0.6 is 15.9 Å². The molecule has 0 N–H and O–H groups in total. The molecule has 1 aromatic rings. The van der Waals surface area contributed by atoms with Gasteiger partial charge in [-0.25, -0.2) is 0 Å². The number of alkyl halides is 1. The molecule has 0 heterocycles. The largest absolute Gasteiger partial charge is 3.00 e. The molecular weight excluding hydrogens is 253 g/mol. The first kappa shape index (κ1) is 9.80. The summed E-state index contributed by atoms with van der Waals surface area (Å²) in [6.07, 6.45) is 0. The van der Waals surface area contributed by atoms with Crippen molar-refractivity contribution >= 4 is 15.9 Å². The maximum atomic E-state index is 3.34. The predicted octanol–water partition coefficient (Wildman–Crippen LogP) is 2.38. The summed E-state index contributed by atoms with van der Waals surface area (Å²) >= 11 is 3.34. The van der Waals surface area contributed by atoms with E-state index in [0.29, 0.717) is 0 Å². The fourth-order valence-corrected chi connectivity index (χ4v) is 0.884. The number of rotatable bonds is 1. The van der Waals surface area contributed by atoms with Gasteiger partial charge in [-0.1, -0.05) is 15.9 Å². The Morgan fingerprint density at radius 2 is 1.89 bits per heavy atom. The molecule has 0 saturated heterocycles. The molecule has 0 amide bonds. The van der Waals surface area contributed by atoms with Gasteiger partial charge in [0.25, 0.3) is 0 Å². The van der Waals surface area contributed by atoms with E-state index in [1.165, 1.54) is 5.56 Å². The van der Waals surface area contributed by atoms with Crippen molar-refractivity contribution in [2.75, 3.05) is 0 Å². The van der Waals surface area contributed by atoms with E-state index in [1.54, 1.807) is 0 Å². The maximum absolute atomic E-state index is 3.34. The van der Waals surface area contributed by atoms with Gasteiger partial charge in [0.1, 0.15) is 0 Å². The minimum Gasteiger partial charge on any atom is -0.184 e. The van der Waals surface area contributed by atoms with Crippen LogP contribution in [0.3, 0.4) is 0 Å². The maximum Gasteiger partial charge on any atom is 3.00 e. The molecule has 0 aliphatic heterocycles. The van der Waals surface area contributed by atoms with Gasteiger partial charge in [-0.05, 0) is 0 Å². The molecule has 1 rings (SSSR count). The van der Waals surface area contributed by atoms with Crippen molar-refractivity contribution in [1.82, 2.24) is 0 Å². The quantitative estimate of drug-likeness (QED) is 0.536. The van der Waals surface area contributed by atoms with Crippen molar-refractivity contribution in [2.24, 2.45) is 0 Å². The fourth-order valence-electron chi connectivity index (χ4n) is 0.510. The van der Waals surface area contributed by atoms with Crippen LogP contribution in [0.4, 0.5) is 0 Å². The van der Waals surface area contributed by atoms with Gasteiger partial charge >= 0.3 is 32.7 Å². The van der Waals surface area contributed by atoms with Crippen LogP contribution in [0.15, 0.2) is 24.3 Å². The smallest absolute Gasteiger partial charge is 0.184 e. The second-order valence-electron chi connectivity index (χ2n) is 1.54. The van der Waals surface area contributed by atoms with Gasteiger partial charge in [-0.3, -0.25) is 0 Å². The molecule has 0 unspecified atom stereocenters. The van der Waals surface area contributed by atoms with Crippen LogP contribution in [0.5, 0.6) is 0 Å². The zero-order valence-corrected chi connectivity index (χ0v) is 9.40. The molecule has 9 heavy (non-hydrogen) atoms. The minimum atomic E-state index is 0. The molecule has 0 aliphatic carbocycles. The molecule has 0 aliphatic rings. The third-order valence-electron chi connectivity index (χ3n) is 0.942. The van der Waals surface area contributed by atoms with Gasteiger partial charge in [0, 0.05) is 5.33 Å². The summed E-state index contributed by atoms with van der Waals surface area (Å²) in [4.78, 5) is 0. The van der Waals surface area contributed by atoms with Crippen molar-refractivity contribution < 1.29 is 32.7 Å². The normalized spacial score (nSPS) is 8.11. The van der Waals surface area contributed by atoms with Gasteiger partial charge in [0.05, 0.1) is 0 Å². The summed E-state index contributed by atoms with van der Waals surface area (Å²) in [5.74, 6) is 0. The van der Waals surface area contributed by atoms with Gasteiger partial charge in [0.2, 0.25) is 0 Å². The van der Waals surface area contributed by atoms with Crippen LogP contribution in [-0.4, -0.2) is 0 Å². The Morgan fingerprint density at radius 3 is 2.22 bits per heavy atom. The first-order valence-electron chi connectivity index (χ1n) is 2.44. The van der Waals surface area contributed by atoms with Gasteiger partial charge in [-0.15, -0.1) is 5.56 Å². The summed E-state index contributed by atoms with van der Waals surface area (Å²) in [5, 5.41) is 0.932. The molecule has 1 aromatic carbocycles. The number of hydrogen-bond donors (Lipinski definition) is 0.